The molecular weight excluding hydrogens is 847 g/mol. The molecule has 0 fully saturated rings. The number of carbonyl (C=O) groups excluding carboxylic acids is 2. The molecule has 7 rings (SSSR count). The Hall–Kier alpha value is -5.97. The second-order valence-corrected chi connectivity index (χ2v) is 15.7. The van der Waals surface area contributed by atoms with Gasteiger partial charge in [0.05, 0.1) is 20.1 Å². The van der Waals surface area contributed by atoms with Crippen molar-refractivity contribution in [1.29, 1.82) is 0 Å². The van der Waals surface area contributed by atoms with Crippen LogP contribution in [0.15, 0.2) is 101 Å². The number of nitrogens with zero attached hydrogens (tertiary/aromatic N) is 3. The molecule has 0 aliphatic rings. The molecule has 4 aromatic carbocycles. The Kier molecular flexibility index (Phi) is 12.8. The summed E-state index contributed by atoms with van der Waals surface area (Å²) in [6.45, 7) is 3.90. The zero-order valence-corrected chi connectivity index (χ0v) is 33.2. The van der Waals surface area contributed by atoms with Crippen molar-refractivity contribution < 1.29 is 36.6 Å². The Morgan fingerprint density at radius 3 is 1.60 bits per heavy atom. The van der Waals surface area contributed by atoms with Gasteiger partial charge < -0.3 is 20.9 Å². The maximum atomic E-state index is 14.4. The van der Waals surface area contributed by atoms with Gasteiger partial charge in [0.2, 0.25) is 0 Å². The van der Waals surface area contributed by atoms with Gasteiger partial charge in [0.1, 0.15) is 46.0 Å². The molecule has 0 aliphatic heterocycles. The maximum absolute atomic E-state index is 14.4. The summed E-state index contributed by atoms with van der Waals surface area (Å²) in [5.74, 6) is -7.23. The van der Waals surface area contributed by atoms with Crippen LogP contribution in [0.3, 0.4) is 0 Å². The fourth-order valence-corrected chi connectivity index (χ4v) is 7.93. The number of nitrogens with two attached hydrogens (primary N) is 2. The van der Waals surface area contributed by atoms with E-state index in [9.17, 15) is 27.2 Å². The summed E-state index contributed by atoms with van der Waals surface area (Å²) in [7, 11) is 0. The molecule has 0 radical (unpaired) electrons. The summed E-state index contributed by atoms with van der Waals surface area (Å²) in [5.41, 5.74) is 15.0. The molecule has 2 amide bonds. The normalized spacial score (nSPS) is 10.8. The Balaban J connectivity index is 0.000000196. The molecule has 0 saturated heterocycles. The van der Waals surface area contributed by atoms with Gasteiger partial charge in [0.15, 0.2) is 23.1 Å². The lowest BCUT2D eigenvalue weighted by Crippen LogP contribution is -2.16. The summed E-state index contributed by atoms with van der Waals surface area (Å²) >= 11 is 6.20. The third-order valence-electron chi connectivity index (χ3n) is 8.18. The van der Waals surface area contributed by atoms with Crippen LogP contribution in [0, 0.1) is 37.1 Å². The molecule has 0 saturated carbocycles. The first-order valence-corrected chi connectivity index (χ1v) is 19.2. The number of aryl methyl sites for hydroxylation is 2. The van der Waals surface area contributed by atoms with E-state index in [2.05, 4.69) is 30.9 Å². The highest BCUT2D eigenvalue weighted by molar-refractivity contribution is 9.11. The van der Waals surface area contributed by atoms with Crippen molar-refractivity contribution in [3.63, 3.8) is 0 Å². The molecular formula is C41H30BrF4N5O4S2. The highest BCUT2D eigenvalue weighted by Crippen LogP contribution is 2.38. The Morgan fingerprint density at radius 2 is 1.12 bits per heavy atom. The number of rotatable bonds is 11. The highest BCUT2D eigenvalue weighted by Gasteiger charge is 2.22. The average Bonchev–Trinajstić information content (AvgIpc) is 3.78. The molecule has 0 spiro atoms. The van der Waals surface area contributed by atoms with Gasteiger partial charge in [-0.1, -0.05) is 65.7 Å². The molecule has 0 atom stereocenters. The topological polar surface area (TPSA) is 143 Å². The van der Waals surface area contributed by atoms with Gasteiger partial charge in [-0.05, 0) is 60.1 Å². The maximum Gasteiger partial charge on any atom is 0.254 e. The average molecular weight is 877 g/mol. The van der Waals surface area contributed by atoms with Gasteiger partial charge in [0.25, 0.3) is 11.8 Å². The summed E-state index contributed by atoms with van der Waals surface area (Å²) in [5, 5.41) is 1.18. The number of ether oxygens (including phenoxy) is 2. The van der Waals surface area contributed by atoms with Crippen molar-refractivity contribution in [2.75, 3.05) is 0 Å². The number of amides is 2. The molecule has 290 valence electrons. The Labute approximate surface area is 340 Å². The number of benzene rings is 4. The van der Waals surface area contributed by atoms with E-state index in [0.717, 1.165) is 72.1 Å². The van der Waals surface area contributed by atoms with E-state index in [1.54, 1.807) is 12.4 Å². The first-order chi connectivity index (χ1) is 27.3. The van der Waals surface area contributed by atoms with Crippen molar-refractivity contribution in [3.05, 3.63) is 157 Å². The summed E-state index contributed by atoms with van der Waals surface area (Å²) < 4.78 is 67.5. The first kappa shape index (κ1) is 40.7. The molecule has 0 unspecified atom stereocenters. The fraction of sp³-hybridized carbons (Fsp3) is 0.0976. The molecule has 9 nitrogen and oxygen atoms in total. The van der Waals surface area contributed by atoms with Crippen LogP contribution in [0.4, 0.5) is 17.6 Å². The van der Waals surface area contributed by atoms with Crippen LogP contribution >= 0.6 is 38.6 Å². The lowest BCUT2D eigenvalue weighted by atomic mass is 10.1. The highest BCUT2D eigenvalue weighted by atomic mass is 79.9. The number of primary amides is 2. The second-order valence-electron chi connectivity index (χ2n) is 12.3. The second kappa shape index (κ2) is 17.9. The van der Waals surface area contributed by atoms with Crippen molar-refractivity contribution in [1.82, 2.24) is 15.0 Å². The molecule has 57 heavy (non-hydrogen) atoms. The zero-order chi connectivity index (χ0) is 40.8. The van der Waals surface area contributed by atoms with E-state index in [0.29, 0.717) is 10.0 Å². The van der Waals surface area contributed by atoms with Gasteiger partial charge >= 0.3 is 0 Å². The molecule has 0 bridgehead atoms. The van der Waals surface area contributed by atoms with Crippen molar-refractivity contribution in [3.8, 4) is 44.5 Å². The smallest absolute Gasteiger partial charge is 0.254 e. The monoisotopic (exact) mass is 875 g/mol. The number of hydrogen-bond donors (Lipinski definition) is 2. The summed E-state index contributed by atoms with van der Waals surface area (Å²) in [6, 6.07) is 23.7. The molecule has 7 aromatic rings. The SMILES string of the molecule is Cc1ccc(-c2nc(COc3ccc(F)c(C(N)=O)c3F)sc2-c2cccnc2)cc1.Cc1ccc(-c2nc(COc3ccc(F)c(C(N)=O)c3F)sc2Br)cc1. The minimum atomic E-state index is -1.20. The standard InChI is InChI=1S/C23H17F2N3O2S.C18H13BrF2N2O2S/c1-13-4-6-14(7-5-13)21-22(15-3-2-10-27-11-15)31-18(28-21)12-30-17-9-8-16(24)19(20(17)25)23(26)29;1-9-2-4-10(5-3-9)16-17(19)26-13(23-16)8-25-12-7-6-11(20)14(15(12)21)18(22)24/h2-11H,12H2,1H3,(H2,26,29);2-7H,8H2,1H3,(H2,22,24). The molecule has 3 aromatic heterocycles. The van der Waals surface area contributed by atoms with Crippen LogP contribution in [0.2, 0.25) is 0 Å². The van der Waals surface area contributed by atoms with E-state index in [1.165, 1.54) is 22.7 Å². The van der Waals surface area contributed by atoms with Crippen LogP contribution in [-0.2, 0) is 13.2 Å². The predicted octanol–water partition coefficient (Wildman–Crippen LogP) is 9.97. The summed E-state index contributed by atoms with van der Waals surface area (Å²) in [4.78, 5) is 36.7. The van der Waals surface area contributed by atoms with Crippen LogP contribution in [0.25, 0.3) is 33.0 Å². The van der Waals surface area contributed by atoms with Gasteiger partial charge in [0, 0.05) is 29.1 Å². The zero-order valence-electron chi connectivity index (χ0n) is 30.0. The van der Waals surface area contributed by atoms with Crippen LogP contribution in [0.1, 0.15) is 41.9 Å². The van der Waals surface area contributed by atoms with Gasteiger partial charge in [-0.2, -0.15) is 0 Å². The molecule has 3 heterocycles. The lowest BCUT2D eigenvalue weighted by molar-refractivity contribution is 0.0982. The van der Waals surface area contributed by atoms with Gasteiger partial charge in [-0.15, -0.1) is 22.7 Å². The predicted molar refractivity (Wildman–Crippen MR) is 214 cm³/mol. The fourth-order valence-electron chi connectivity index (χ4n) is 5.34. The quantitative estimate of drug-likeness (QED) is 0.123. The number of hydrogen-bond acceptors (Lipinski definition) is 9. The summed E-state index contributed by atoms with van der Waals surface area (Å²) in [6.07, 6.45) is 3.43. The third kappa shape index (κ3) is 9.53. The third-order valence-corrected chi connectivity index (χ3v) is 10.9. The first-order valence-electron chi connectivity index (χ1n) is 16.8. The van der Waals surface area contributed by atoms with Crippen LogP contribution < -0.4 is 20.9 Å². The number of aromatic nitrogens is 3. The van der Waals surface area contributed by atoms with Crippen molar-refractivity contribution in [2.45, 2.75) is 27.1 Å². The Bertz CT molecular complexity index is 2570. The van der Waals surface area contributed by atoms with Crippen LogP contribution in [0.5, 0.6) is 11.5 Å². The van der Waals surface area contributed by atoms with E-state index in [4.69, 9.17) is 20.9 Å². The molecule has 0 aliphatic carbocycles. The van der Waals surface area contributed by atoms with E-state index in [-0.39, 0.29) is 24.7 Å². The Morgan fingerprint density at radius 1 is 0.649 bits per heavy atom. The van der Waals surface area contributed by atoms with E-state index < -0.39 is 46.2 Å². The van der Waals surface area contributed by atoms with E-state index >= 15 is 0 Å². The minimum Gasteiger partial charge on any atom is -0.483 e. The number of thiazole rings is 2. The van der Waals surface area contributed by atoms with Crippen molar-refractivity contribution in [2.24, 2.45) is 11.5 Å². The number of carbonyl (C=O) groups is 2. The van der Waals surface area contributed by atoms with Crippen LogP contribution in [-0.4, -0.2) is 26.8 Å². The molecule has 16 heteroatoms. The van der Waals surface area contributed by atoms with E-state index in [1.807, 2.05) is 74.5 Å². The van der Waals surface area contributed by atoms with Gasteiger partial charge in [-0.3, -0.25) is 14.6 Å². The number of pyridine rings is 1. The molecule has 4 N–H and O–H groups in total. The van der Waals surface area contributed by atoms with Gasteiger partial charge in [-0.25, -0.2) is 27.5 Å². The largest absolute Gasteiger partial charge is 0.483 e. The minimum absolute atomic E-state index is 0.0319. The lowest BCUT2D eigenvalue weighted by Gasteiger charge is -2.08. The van der Waals surface area contributed by atoms with Crippen molar-refractivity contribution >= 4 is 50.4 Å². The number of halogens is 5.